The maximum absolute atomic E-state index is 6.01. The summed E-state index contributed by atoms with van der Waals surface area (Å²) in [6.07, 6.45) is 0. The van der Waals surface area contributed by atoms with Crippen molar-refractivity contribution in [2.24, 2.45) is 0 Å². The van der Waals surface area contributed by atoms with Crippen molar-refractivity contribution in [1.29, 1.82) is 0 Å². The molecule has 0 nitrogen and oxygen atoms in total. The van der Waals surface area contributed by atoms with Gasteiger partial charge >= 0.3 is 0 Å². The molecule has 13 heavy (non-hydrogen) atoms. The zero-order valence-electron chi connectivity index (χ0n) is 7.42. The van der Waals surface area contributed by atoms with E-state index >= 15 is 0 Å². The van der Waals surface area contributed by atoms with E-state index < -0.39 is 0 Å². The SMILES string of the molecule is C=C(C)c1cc(Cl)c(C)c(Cl)c1Cl. The average Bonchev–Trinajstić information content (AvgIpc) is 2.07. The van der Waals surface area contributed by atoms with E-state index in [4.69, 9.17) is 34.8 Å². The summed E-state index contributed by atoms with van der Waals surface area (Å²) in [6.45, 7) is 7.49. The van der Waals surface area contributed by atoms with Gasteiger partial charge in [0, 0.05) is 5.02 Å². The van der Waals surface area contributed by atoms with E-state index in [1.165, 1.54) is 0 Å². The molecule has 0 radical (unpaired) electrons. The third kappa shape index (κ3) is 2.01. The maximum atomic E-state index is 6.01. The predicted octanol–water partition coefficient (Wildman–Crippen LogP) is 4.99. The van der Waals surface area contributed by atoms with Crippen LogP contribution in [0, 0.1) is 6.92 Å². The molecular formula is C10H9Cl3. The quantitative estimate of drug-likeness (QED) is 0.602. The summed E-state index contributed by atoms with van der Waals surface area (Å²) in [7, 11) is 0. The molecule has 0 saturated heterocycles. The molecule has 0 N–H and O–H groups in total. The molecule has 0 spiro atoms. The van der Waals surface area contributed by atoms with Crippen LogP contribution in [0.15, 0.2) is 12.6 Å². The van der Waals surface area contributed by atoms with Gasteiger partial charge in [0.05, 0.1) is 10.0 Å². The van der Waals surface area contributed by atoms with Crippen LogP contribution in [-0.4, -0.2) is 0 Å². The minimum atomic E-state index is 0.507. The van der Waals surface area contributed by atoms with Crippen molar-refractivity contribution in [3.8, 4) is 0 Å². The molecule has 0 aromatic heterocycles. The Bertz CT molecular complexity index is 367. The average molecular weight is 236 g/mol. The topological polar surface area (TPSA) is 0 Å². The standard InChI is InChI=1S/C10H9Cl3/c1-5(2)7-4-8(11)6(3)9(12)10(7)13/h4H,1H2,2-3H3. The van der Waals surface area contributed by atoms with E-state index in [9.17, 15) is 0 Å². The largest absolute Gasteiger partial charge is 0.0955 e. The molecule has 0 aliphatic heterocycles. The Morgan fingerprint density at radius 3 is 2.23 bits per heavy atom. The molecule has 0 bridgehead atoms. The molecule has 0 amide bonds. The zero-order chi connectivity index (χ0) is 10.2. The van der Waals surface area contributed by atoms with Gasteiger partial charge in [-0.1, -0.05) is 41.4 Å². The Balaban J connectivity index is 3.50. The molecule has 1 aromatic carbocycles. The van der Waals surface area contributed by atoms with Gasteiger partial charge in [-0.15, -0.1) is 0 Å². The smallest absolute Gasteiger partial charge is 0.0670 e. The molecule has 0 saturated carbocycles. The van der Waals surface area contributed by atoms with E-state index in [0.29, 0.717) is 15.1 Å². The monoisotopic (exact) mass is 234 g/mol. The third-order valence-corrected chi connectivity index (χ3v) is 3.20. The van der Waals surface area contributed by atoms with E-state index in [1.54, 1.807) is 6.07 Å². The molecule has 0 atom stereocenters. The van der Waals surface area contributed by atoms with Crippen molar-refractivity contribution in [1.82, 2.24) is 0 Å². The van der Waals surface area contributed by atoms with Gasteiger partial charge in [0.2, 0.25) is 0 Å². The van der Waals surface area contributed by atoms with Gasteiger partial charge in [-0.05, 0) is 36.6 Å². The van der Waals surface area contributed by atoms with E-state index in [1.807, 2.05) is 13.8 Å². The molecule has 1 aromatic rings. The summed E-state index contributed by atoms with van der Waals surface area (Å²) in [4.78, 5) is 0. The van der Waals surface area contributed by atoms with Gasteiger partial charge in [0.25, 0.3) is 0 Å². The van der Waals surface area contributed by atoms with Gasteiger partial charge in [-0.25, -0.2) is 0 Å². The molecule has 70 valence electrons. The van der Waals surface area contributed by atoms with Crippen LogP contribution in [0.2, 0.25) is 15.1 Å². The summed E-state index contributed by atoms with van der Waals surface area (Å²) < 4.78 is 0. The Morgan fingerprint density at radius 2 is 1.77 bits per heavy atom. The fourth-order valence-corrected chi connectivity index (χ4v) is 1.81. The zero-order valence-corrected chi connectivity index (χ0v) is 9.69. The van der Waals surface area contributed by atoms with Crippen LogP contribution in [0.3, 0.4) is 0 Å². The van der Waals surface area contributed by atoms with Crippen LogP contribution in [0.4, 0.5) is 0 Å². The number of rotatable bonds is 1. The highest BCUT2D eigenvalue weighted by Gasteiger charge is 2.11. The van der Waals surface area contributed by atoms with Gasteiger partial charge in [0.15, 0.2) is 0 Å². The first-order valence-electron chi connectivity index (χ1n) is 3.75. The first-order valence-corrected chi connectivity index (χ1v) is 4.88. The second-order valence-corrected chi connectivity index (χ2v) is 4.10. The molecule has 0 heterocycles. The van der Waals surface area contributed by atoms with Crippen molar-refractivity contribution in [2.45, 2.75) is 13.8 Å². The minimum Gasteiger partial charge on any atom is -0.0955 e. The van der Waals surface area contributed by atoms with Crippen molar-refractivity contribution in [2.75, 3.05) is 0 Å². The molecular weight excluding hydrogens is 226 g/mol. The highest BCUT2D eigenvalue weighted by atomic mass is 35.5. The number of halogens is 3. The number of allylic oxidation sites excluding steroid dienone is 1. The number of benzene rings is 1. The summed E-state index contributed by atoms with van der Waals surface area (Å²) in [5.41, 5.74) is 2.47. The Morgan fingerprint density at radius 1 is 1.23 bits per heavy atom. The Hall–Kier alpha value is -0.170. The van der Waals surface area contributed by atoms with E-state index in [0.717, 1.165) is 16.7 Å². The fourth-order valence-electron chi connectivity index (χ4n) is 0.997. The summed E-state index contributed by atoms with van der Waals surface area (Å²) in [5, 5.41) is 1.65. The first kappa shape index (κ1) is 10.9. The highest BCUT2D eigenvalue weighted by molar-refractivity contribution is 6.45. The van der Waals surface area contributed by atoms with Crippen LogP contribution in [0.5, 0.6) is 0 Å². The van der Waals surface area contributed by atoms with Gasteiger partial charge in [-0.2, -0.15) is 0 Å². The molecule has 0 fully saturated rings. The second kappa shape index (κ2) is 3.91. The van der Waals surface area contributed by atoms with Crippen LogP contribution >= 0.6 is 34.8 Å². The molecule has 0 aliphatic carbocycles. The first-order chi connectivity index (χ1) is 5.95. The normalized spacial score (nSPS) is 10.2. The van der Waals surface area contributed by atoms with Crippen LogP contribution in [0.1, 0.15) is 18.1 Å². The lowest BCUT2D eigenvalue weighted by Crippen LogP contribution is -1.86. The van der Waals surface area contributed by atoms with Crippen molar-refractivity contribution in [3.05, 3.63) is 38.8 Å². The molecule has 3 heteroatoms. The Labute approximate surface area is 93.1 Å². The fraction of sp³-hybridized carbons (Fsp3) is 0.200. The van der Waals surface area contributed by atoms with Crippen molar-refractivity contribution < 1.29 is 0 Å². The summed E-state index contributed by atoms with van der Waals surface area (Å²) >= 11 is 17.9. The van der Waals surface area contributed by atoms with Crippen molar-refractivity contribution >= 4 is 40.4 Å². The maximum Gasteiger partial charge on any atom is 0.0670 e. The van der Waals surface area contributed by atoms with E-state index in [2.05, 4.69) is 6.58 Å². The second-order valence-electron chi connectivity index (χ2n) is 2.94. The predicted molar refractivity (Wildman–Crippen MR) is 60.9 cm³/mol. The minimum absolute atomic E-state index is 0.507. The number of hydrogen-bond donors (Lipinski definition) is 0. The molecule has 0 aliphatic rings. The van der Waals surface area contributed by atoms with Crippen LogP contribution < -0.4 is 0 Å². The lowest BCUT2D eigenvalue weighted by atomic mass is 10.1. The highest BCUT2D eigenvalue weighted by Crippen LogP contribution is 2.36. The number of hydrogen-bond acceptors (Lipinski definition) is 0. The summed E-state index contributed by atoms with van der Waals surface area (Å²) in [6, 6.07) is 1.79. The molecule has 0 unspecified atom stereocenters. The lowest BCUT2D eigenvalue weighted by molar-refractivity contribution is 1.44. The van der Waals surface area contributed by atoms with E-state index in [-0.39, 0.29) is 0 Å². The van der Waals surface area contributed by atoms with Crippen LogP contribution in [0.25, 0.3) is 5.57 Å². The lowest BCUT2D eigenvalue weighted by Gasteiger charge is -2.09. The third-order valence-electron chi connectivity index (χ3n) is 1.85. The van der Waals surface area contributed by atoms with Gasteiger partial charge in [-0.3, -0.25) is 0 Å². The van der Waals surface area contributed by atoms with Crippen molar-refractivity contribution in [3.63, 3.8) is 0 Å². The summed E-state index contributed by atoms with van der Waals surface area (Å²) in [5.74, 6) is 0. The van der Waals surface area contributed by atoms with Gasteiger partial charge in [0.1, 0.15) is 0 Å². The van der Waals surface area contributed by atoms with Gasteiger partial charge < -0.3 is 0 Å². The molecule has 1 rings (SSSR count). The Kier molecular flexibility index (Phi) is 3.28. The van der Waals surface area contributed by atoms with Crippen LogP contribution in [-0.2, 0) is 0 Å².